The van der Waals surface area contributed by atoms with E-state index in [1.165, 1.54) is 18.7 Å². The second kappa shape index (κ2) is 5.69. The number of carbonyl (C=O) groups excluding carboxylic acids is 1. The van der Waals surface area contributed by atoms with Crippen LogP contribution in [0.5, 0.6) is 0 Å². The molecule has 0 aliphatic heterocycles. The molecule has 0 atom stereocenters. The Labute approximate surface area is 92.1 Å². The van der Waals surface area contributed by atoms with Crippen LogP contribution in [0.3, 0.4) is 0 Å². The number of halogens is 1. The molecule has 0 radical (unpaired) electrons. The SMILES string of the molecule is CC(=O)SCC#Cc1ncccc1Cl. The standard InChI is InChI=1S/C10H8ClNOS/c1-8(13)14-7-3-5-10-9(11)4-2-6-12-10/h2,4,6H,7H2,1H3. The van der Waals surface area contributed by atoms with Crippen LogP contribution in [-0.4, -0.2) is 15.9 Å². The van der Waals surface area contributed by atoms with Crippen molar-refractivity contribution in [2.75, 3.05) is 5.75 Å². The first-order valence-electron chi connectivity index (χ1n) is 3.93. The zero-order valence-corrected chi connectivity index (χ0v) is 9.15. The van der Waals surface area contributed by atoms with Crippen LogP contribution in [0.1, 0.15) is 12.6 Å². The van der Waals surface area contributed by atoms with Crippen molar-refractivity contribution in [2.45, 2.75) is 6.92 Å². The van der Waals surface area contributed by atoms with Crippen molar-refractivity contribution < 1.29 is 4.79 Å². The average molecular weight is 226 g/mol. The fourth-order valence-electron chi connectivity index (χ4n) is 0.735. The Morgan fingerprint density at radius 2 is 2.50 bits per heavy atom. The van der Waals surface area contributed by atoms with E-state index < -0.39 is 0 Å². The summed E-state index contributed by atoms with van der Waals surface area (Å²) in [6.45, 7) is 1.51. The third kappa shape index (κ3) is 3.82. The van der Waals surface area contributed by atoms with Gasteiger partial charge in [-0.15, -0.1) is 0 Å². The molecule has 0 saturated heterocycles. The van der Waals surface area contributed by atoms with Gasteiger partial charge in [0.25, 0.3) is 0 Å². The molecule has 72 valence electrons. The molecular weight excluding hydrogens is 218 g/mol. The van der Waals surface area contributed by atoms with Gasteiger partial charge in [-0.3, -0.25) is 4.79 Å². The van der Waals surface area contributed by atoms with E-state index in [-0.39, 0.29) is 5.12 Å². The molecule has 4 heteroatoms. The van der Waals surface area contributed by atoms with Gasteiger partial charge in [-0.1, -0.05) is 29.3 Å². The lowest BCUT2D eigenvalue weighted by molar-refractivity contribution is -0.109. The normalized spacial score (nSPS) is 9.00. The Morgan fingerprint density at radius 1 is 1.71 bits per heavy atom. The van der Waals surface area contributed by atoms with E-state index >= 15 is 0 Å². The summed E-state index contributed by atoms with van der Waals surface area (Å²) >= 11 is 7.00. The zero-order chi connectivity index (χ0) is 10.4. The van der Waals surface area contributed by atoms with E-state index in [1.54, 1.807) is 18.3 Å². The van der Waals surface area contributed by atoms with Crippen molar-refractivity contribution >= 4 is 28.5 Å². The third-order valence-corrected chi connectivity index (χ3v) is 2.31. The minimum absolute atomic E-state index is 0.0615. The largest absolute Gasteiger partial charge is 0.288 e. The van der Waals surface area contributed by atoms with E-state index in [0.717, 1.165) is 0 Å². The van der Waals surface area contributed by atoms with E-state index in [0.29, 0.717) is 16.5 Å². The van der Waals surface area contributed by atoms with Gasteiger partial charge in [-0.2, -0.15) is 0 Å². The van der Waals surface area contributed by atoms with Gasteiger partial charge in [-0.25, -0.2) is 4.98 Å². The molecule has 1 aromatic heterocycles. The fourth-order valence-corrected chi connectivity index (χ4v) is 1.25. The molecular formula is C10H8ClNOS. The number of thioether (sulfide) groups is 1. The van der Waals surface area contributed by atoms with E-state index in [9.17, 15) is 4.79 Å². The lowest BCUT2D eigenvalue weighted by atomic mass is 10.3. The van der Waals surface area contributed by atoms with Crippen LogP contribution in [0.25, 0.3) is 0 Å². The van der Waals surface area contributed by atoms with E-state index in [4.69, 9.17) is 11.6 Å². The summed E-state index contributed by atoms with van der Waals surface area (Å²) in [6.07, 6.45) is 1.63. The first-order valence-corrected chi connectivity index (χ1v) is 5.29. The minimum atomic E-state index is 0.0615. The maximum absolute atomic E-state index is 10.6. The Bertz CT molecular complexity index is 395. The molecule has 0 N–H and O–H groups in total. The summed E-state index contributed by atoms with van der Waals surface area (Å²) in [5, 5.41) is 0.597. The number of nitrogens with zero attached hydrogens (tertiary/aromatic N) is 1. The summed E-state index contributed by atoms with van der Waals surface area (Å²) in [5.74, 6) is 6.10. The van der Waals surface area contributed by atoms with Crippen molar-refractivity contribution in [3.8, 4) is 11.8 Å². The highest BCUT2D eigenvalue weighted by atomic mass is 35.5. The van der Waals surface area contributed by atoms with Crippen LogP contribution in [0.4, 0.5) is 0 Å². The molecule has 0 unspecified atom stereocenters. The average Bonchev–Trinajstić information content (AvgIpc) is 2.15. The van der Waals surface area contributed by atoms with Gasteiger partial charge < -0.3 is 0 Å². The van der Waals surface area contributed by atoms with Gasteiger partial charge >= 0.3 is 0 Å². The van der Waals surface area contributed by atoms with Gasteiger partial charge in [0, 0.05) is 13.1 Å². The Morgan fingerprint density at radius 3 is 3.14 bits per heavy atom. The first-order chi connectivity index (χ1) is 6.70. The van der Waals surface area contributed by atoms with Gasteiger partial charge in [-0.05, 0) is 18.1 Å². The fraction of sp³-hybridized carbons (Fsp3) is 0.200. The van der Waals surface area contributed by atoms with Crippen LogP contribution in [0.15, 0.2) is 18.3 Å². The minimum Gasteiger partial charge on any atom is -0.288 e. The predicted molar refractivity (Wildman–Crippen MR) is 59.3 cm³/mol. The van der Waals surface area contributed by atoms with Crippen LogP contribution >= 0.6 is 23.4 Å². The highest BCUT2D eigenvalue weighted by Gasteiger charge is 1.94. The van der Waals surface area contributed by atoms with Gasteiger partial charge in [0.1, 0.15) is 5.69 Å². The highest BCUT2D eigenvalue weighted by molar-refractivity contribution is 8.13. The van der Waals surface area contributed by atoms with Crippen molar-refractivity contribution in [1.82, 2.24) is 4.98 Å². The van der Waals surface area contributed by atoms with Crippen molar-refractivity contribution in [1.29, 1.82) is 0 Å². The van der Waals surface area contributed by atoms with Crippen LogP contribution < -0.4 is 0 Å². The van der Waals surface area contributed by atoms with Gasteiger partial charge in [0.2, 0.25) is 0 Å². The number of hydrogen-bond acceptors (Lipinski definition) is 3. The van der Waals surface area contributed by atoms with Crippen LogP contribution in [0, 0.1) is 11.8 Å². The lowest BCUT2D eigenvalue weighted by Gasteiger charge is -1.91. The third-order valence-electron chi connectivity index (χ3n) is 1.31. The van der Waals surface area contributed by atoms with Crippen molar-refractivity contribution in [2.24, 2.45) is 0 Å². The molecule has 1 heterocycles. The Kier molecular flexibility index (Phi) is 4.51. The summed E-state index contributed by atoms with van der Waals surface area (Å²) in [6, 6.07) is 3.48. The molecule has 0 aliphatic rings. The quantitative estimate of drug-likeness (QED) is 0.688. The first kappa shape index (κ1) is 11.1. The molecule has 0 fully saturated rings. The molecule has 0 saturated carbocycles. The molecule has 14 heavy (non-hydrogen) atoms. The highest BCUT2D eigenvalue weighted by Crippen LogP contribution is 2.10. The summed E-state index contributed by atoms with van der Waals surface area (Å²) < 4.78 is 0. The molecule has 0 amide bonds. The monoisotopic (exact) mass is 225 g/mol. The molecule has 0 aromatic carbocycles. The van der Waals surface area contributed by atoms with E-state index in [2.05, 4.69) is 16.8 Å². The summed E-state index contributed by atoms with van der Waals surface area (Å²) in [4.78, 5) is 14.6. The number of carbonyl (C=O) groups is 1. The topological polar surface area (TPSA) is 30.0 Å². The molecule has 0 spiro atoms. The second-order valence-corrected chi connectivity index (χ2v) is 3.98. The molecule has 1 rings (SSSR count). The van der Waals surface area contributed by atoms with Crippen LogP contribution in [0.2, 0.25) is 5.02 Å². The Balaban J connectivity index is 2.59. The summed E-state index contributed by atoms with van der Waals surface area (Å²) in [5.41, 5.74) is 0.554. The van der Waals surface area contributed by atoms with Crippen LogP contribution in [-0.2, 0) is 4.79 Å². The van der Waals surface area contributed by atoms with E-state index in [1.807, 2.05) is 0 Å². The predicted octanol–water partition coefficient (Wildman–Crippen LogP) is 2.37. The number of hydrogen-bond donors (Lipinski definition) is 0. The lowest BCUT2D eigenvalue weighted by Crippen LogP contribution is -1.84. The Hall–Kier alpha value is -0.980. The van der Waals surface area contributed by atoms with Gasteiger partial charge in [0.15, 0.2) is 5.12 Å². The maximum atomic E-state index is 10.6. The van der Waals surface area contributed by atoms with Crippen molar-refractivity contribution in [3.63, 3.8) is 0 Å². The molecule has 0 aliphatic carbocycles. The molecule has 1 aromatic rings. The second-order valence-electron chi connectivity index (χ2n) is 2.42. The molecule has 2 nitrogen and oxygen atoms in total. The maximum Gasteiger partial charge on any atom is 0.186 e. The number of pyridine rings is 1. The number of aromatic nitrogens is 1. The van der Waals surface area contributed by atoms with Gasteiger partial charge in [0.05, 0.1) is 10.8 Å². The summed E-state index contributed by atoms with van der Waals surface area (Å²) in [7, 11) is 0. The van der Waals surface area contributed by atoms with Crippen molar-refractivity contribution in [3.05, 3.63) is 29.0 Å². The molecule has 0 bridgehead atoms. The zero-order valence-electron chi connectivity index (χ0n) is 7.58. The smallest absolute Gasteiger partial charge is 0.186 e. The number of rotatable bonds is 1.